The van der Waals surface area contributed by atoms with Gasteiger partial charge in [0.25, 0.3) is 0 Å². The van der Waals surface area contributed by atoms with E-state index in [2.05, 4.69) is 48.4 Å². The van der Waals surface area contributed by atoms with Crippen LogP contribution in [0.4, 0.5) is 10.1 Å². The summed E-state index contributed by atoms with van der Waals surface area (Å²) in [5.41, 5.74) is 3.47. The lowest BCUT2D eigenvalue weighted by Crippen LogP contribution is -2.38. The number of hydrogen-bond acceptors (Lipinski definition) is 2. The molecular formula is C22H23FN2. The molecule has 0 spiro atoms. The van der Waals surface area contributed by atoms with E-state index in [-0.39, 0.29) is 11.9 Å². The van der Waals surface area contributed by atoms with E-state index in [0.717, 1.165) is 16.6 Å². The van der Waals surface area contributed by atoms with Gasteiger partial charge in [-0.25, -0.2) is 4.39 Å². The maximum atomic E-state index is 13.5. The molecule has 0 radical (unpaired) electrons. The molecule has 3 aromatic rings. The highest BCUT2D eigenvalue weighted by atomic mass is 19.1. The van der Waals surface area contributed by atoms with E-state index in [1.807, 2.05) is 18.3 Å². The Hall–Kier alpha value is -2.42. The van der Waals surface area contributed by atoms with Crippen LogP contribution in [0.1, 0.15) is 38.3 Å². The van der Waals surface area contributed by atoms with Crippen molar-refractivity contribution in [3.63, 3.8) is 0 Å². The van der Waals surface area contributed by atoms with Gasteiger partial charge in [-0.15, -0.1) is 0 Å². The summed E-state index contributed by atoms with van der Waals surface area (Å²) >= 11 is 0. The molecule has 4 rings (SSSR count). The largest absolute Gasteiger partial charge is 0.377 e. The first kappa shape index (κ1) is 16.1. The first-order chi connectivity index (χ1) is 12.0. The van der Waals surface area contributed by atoms with E-state index in [0.29, 0.717) is 11.3 Å². The lowest BCUT2D eigenvalue weighted by molar-refractivity contribution is 0.0812. The lowest BCUT2D eigenvalue weighted by atomic mass is 9.61. The predicted molar refractivity (Wildman–Crippen MR) is 101 cm³/mol. The Bertz CT molecular complexity index is 881. The van der Waals surface area contributed by atoms with Crippen molar-refractivity contribution in [2.75, 3.05) is 5.32 Å². The molecule has 0 saturated heterocycles. The molecule has 1 saturated carbocycles. The second-order valence-corrected chi connectivity index (χ2v) is 7.93. The number of hydrogen-bond donors (Lipinski definition) is 1. The zero-order valence-electron chi connectivity index (χ0n) is 14.7. The van der Waals surface area contributed by atoms with Gasteiger partial charge in [0, 0.05) is 5.39 Å². The summed E-state index contributed by atoms with van der Waals surface area (Å²) in [6.45, 7) is 4.65. The number of benzene rings is 2. The number of pyridine rings is 1. The zero-order chi connectivity index (χ0) is 17.4. The van der Waals surface area contributed by atoms with Crippen molar-refractivity contribution in [2.24, 2.45) is 11.3 Å². The van der Waals surface area contributed by atoms with Crippen LogP contribution in [0.5, 0.6) is 0 Å². The van der Waals surface area contributed by atoms with E-state index >= 15 is 0 Å². The molecule has 0 aliphatic heterocycles. The number of rotatable bonds is 4. The topological polar surface area (TPSA) is 24.9 Å². The maximum Gasteiger partial charge on any atom is 0.123 e. The fourth-order valence-corrected chi connectivity index (χ4v) is 4.09. The number of nitrogens with zero attached hydrogens (tertiary/aromatic N) is 1. The molecular weight excluding hydrogens is 311 g/mol. The van der Waals surface area contributed by atoms with Crippen LogP contribution in [0.25, 0.3) is 10.9 Å². The first-order valence-corrected chi connectivity index (χ1v) is 8.87. The molecule has 25 heavy (non-hydrogen) atoms. The SMILES string of the molecule is CC1(C)CC(C(Nc2cnc3ccc(F)cc3c2)c2ccccc2)C1. The van der Waals surface area contributed by atoms with Crippen molar-refractivity contribution in [3.8, 4) is 0 Å². The van der Waals surface area contributed by atoms with Crippen LogP contribution >= 0.6 is 0 Å². The van der Waals surface area contributed by atoms with Gasteiger partial charge in [0.2, 0.25) is 0 Å². The molecule has 1 aromatic heterocycles. The third-order valence-electron chi connectivity index (χ3n) is 5.23. The van der Waals surface area contributed by atoms with Gasteiger partial charge in [-0.1, -0.05) is 44.2 Å². The number of nitrogens with one attached hydrogen (secondary N) is 1. The highest BCUT2D eigenvalue weighted by molar-refractivity contribution is 5.81. The van der Waals surface area contributed by atoms with Gasteiger partial charge in [-0.2, -0.15) is 0 Å². The molecule has 0 amide bonds. The number of halogens is 1. The van der Waals surface area contributed by atoms with Crippen LogP contribution in [-0.4, -0.2) is 4.98 Å². The number of aromatic nitrogens is 1. The van der Waals surface area contributed by atoms with Crippen LogP contribution in [0.3, 0.4) is 0 Å². The maximum absolute atomic E-state index is 13.5. The highest BCUT2D eigenvalue weighted by Crippen LogP contribution is 2.51. The summed E-state index contributed by atoms with van der Waals surface area (Å²) < 4.78 is 13.5. The highest BCUT2D eigenvalue weighted by Gasteiger charge is 2.41. The number of anilines is 1. The van der Waals surface area contributed by atoms with Gasteiger partial charge in [0.1, 0.15) is 5.82 Å². The van der Waals surface area contributed by atoms with Crippen LogP contribution in [-0.2, 0) is 0 Å². The van der Waals surface area contributed by atoms with Crippen molar-refractivity contribution < 1.29 is 4.39 Å². The molecule has 1 aliphatic carbocycles. The van der Waals surface area contributed by atoms with Crippen molar-refractivity contribution in [1.82, 2.24) is 4.98 Å². The quantitative estimate of drug-likeness (QED) is 0.636. The Morgan fingerprint density at radius 1 is 1.08 bits per heavy atom. The second-order valence-electron chi connectivity index (χ2n) is 7.93. The van der Waals surface area contributed by atoms with Gasteiger partial charge >= 0.3 is 0 Å². The molecule has 128 valence electrons. The van der Waals surface area contributed by atoms with E-state index < -0.39 is 0 Å². The fraction of sp³-hybridized carbons (Fsp3) is 0.318. The molecule has 0 bridgehead atoms. The van der Waals surface area contributed by atoms with Crippen LogP contribution < -0.4 is 5.32 Å². The minimum absolute atomic E-state index is 0.230. The van der Waals surface area contributed by atoms with Crippen molar-refractivity contribution in [3.05, 3.63) is 72.2 Å². The molecule has 1 unspecified atom stereocenters. The minimum Gasteiger partial charge on any atom is -0.377 e. The lowest BCUT2D eigenvalue weighted by Gasteiger charge is -2.47. The average molecular weight is 334 g/mol. The first-order valence-electron chi connectivity index (χ1n) is 8.87. The van der Waals surface area contributed by atoms with E-state index in [1.54, 1.807) is 6.07 Å². The van der Waals surface area contributed by atoms with Gasteiger partial charge in [0.05, 0.1) is 23.4 Å². The van der Waals surface area contributed by atoms with Crippen LogP contribution in [0, 0.1) is 17.2 Å². The molecule has 1 fully saturated rings. The predicted octanol–water partition coefficient (Wildman–Crippen LogP) is 5.96. The normalized spacial score (nSPS) is 17.9. The van der Waals surface area contributed by atoms with E-state index in [1.165, 1.54) is 30.5 Å². The third kappa shape index (κ3) is 3.37. The Balaban J connectivity index is 1.64. The van der Waals surface area contributed by atoms with E-state index in [4.69, 9.17) is 0 Å². The Labute approximate surface area is 148 Å². The molecule has 1 atom stereocenters. The minimum atomic E-state index is -0.230. The second kappa shape index (κ2) is 6.14. The van der Waals surface area contributed by atoms with E-state index in [9.17, 15) is 4.39 Å². The Morgan fingerprint density at radius 2 is 1.84 bits per heavy atom. The van der Waals surface area contributed by atoms with Crippen LogP contribution in [0.15, 0.2) is 60.8 Å². The van der Waals surface area contributed by atoms with Gasteiger partial charge < -0.3 is 5.32 Å². The molecule has 1 aliphatic rings. The van der Waals surface area contributed by atoms with Crippen LogP contribution in [0.2, 0.25) is 0 Å². The Morgan fingerprint density at radius 3 is 2.56 bits per heavy atom. The summed E-state index contributed by atoms with van der Waals surface area (Å²) in [4.78, 5) is 4.47. The molecule has 2 nitrogen and oxygen atoms in total. The number of fused-ring (bicyclic) bond motifs is 1. The fourth-order valence-electron chi connectivity index (χ4n) is 4.09. The molecule has 1 N–H and O–H groups in total. The van der Waals surface area contributed by atoms with Crippen molar-refractivity contribution >= 4 is 16.6 Å². The van der Waals surface area contributed by atoms with Crippen molar-refractivity contribution in [1.29, 1.82) is 0 Å². The third-order valence-corrected chi connectivity index (χ3v) is 5.23. The van der Waals surface area contributed by atoms with Crippen molar-refractivity contribution in [2.45, 2.75) is 32.7 Å². The molecule has 1 heterocycles. The average Bonchev–Trinajstić information content (AvgIpc) is 2.58. The summed E-state index contributed by atoms with van der Waals surface area (Å²) in [7, 11) is 0. The molecule has 2 aromatic carbocycles. The zero-order valence-corrected chi connectivity index (χ0v) is 14.7. The summed E-state index contributed by atoms with van der Waals surface area (Å²) in [5.74, 6) is 0.368. The summed E-state index contributed by atoms with van der Waals surface area (Å²) in [5, 5.41) is 4.49. The van der Waals surface area contributed by atoms with Gasteiger partial charge in [0.15, 0.2) is 0 Å². The monoisotopic (exact) mass is 334 g/mol. The summed E-state index contributed by atoms with van der Waals surface area (Å²) in [6, 6.07) is 17.5. The van der Waals surface area contributed by atoms with Gasteiger partial charge in [-0.3, -0.25) is 4.98 Å². The van der Waals surface area contributed by atoms with Gasteiger partial charge in [-0.05, 0) is 54.0 Å². The summed E-state index contributed by atoms with van der Waals surface area (Å²) in [6.07, 6.45) is 4.25. The molecule has 3 heteroatoms. The standard InChI is InChI=1S/C22H23FN2/c1-22(2)12-17(13-22)21(15-6-4-3-5-7-15)25-19-11-16-10-18(23)8-9-20(16)24-14-19/h3-11,14,17,21,25H,12-13H2,1-2H3. The Kier molecular flexibility index (Phi) is 3.95. The smallest absolute Gasteiger partial charge is 0.123 e.